The zero-order valence-corrected chi connectivity index (χ0v) is 31.9. The molecule has 0 bridgehead atoms. The third-order valence-electron chi connectivity index (χ3n) is 12.2. The van der Waals surface area contributed by atoms with Crippen LogP contribution in [0.25, 0.3) is 27.7 Å². The van der Waals surface area contributed by atoms with Gasteiger partial charge in [0.1, 0.15) is 49.5 Å². The van der Waals surface area contributed by atoms with Crippen LogP contribution in [0.2, 0.25) is 16.6 Å². The number of anilines is 1. The number of hydrogen-bond donors (Lipinski definition) is 1. The Bertz CT molecular complexity index is 1930. The molecule has 4 aliphatic rings. The van der Waals surface area contributed by atoms with Crippen molar-refractivity contribution in [2.24, 2.45) is 0 Å². The van der Waals surface area contributed by atoms with E-state index < -0.39 is 25.6 Å². The molecular weight excluding hydrogens is 668 g/mol. The highest BCUT2D eigenvalue weighted by molar-refractivity contribution is 6.90. The van der Waals surface area contributed by atoms with Gasteiger partial charge in [-0.1, -0.05) is 47.5 Å². The van der Waals surface area contributed by atoms with Crippen molar-refractivity contribution >= 4 is 30.4 Å². The lowest BCUT2D eigenvalue weighted by atomic mass is 9.85. The van der Waals surface area contributed by atoms with Gasteiger partial charge in [-0.05, 0) is 73.0 Å². The fourth-order valence-electron chi connectivity index (χ4n) is 9.43. The quantitative estimate of drug-likeness (QED) is 0.175. The smallest absolute Gasteiger partial charge is 0.319 e. The molecule has 2 saturated heterocycles. The molecule has 2 aliphatic carbocycles. The number of benzene rings is 1. The molecule has 7 rings (SSSR count). The third kappa shape index (κ3) is 6.20. The fourth-order valence-corrected chi connectivity index (χ4v) is 14.6. The van der Waals surface area contributed by atoms with Gasteiger partial charge < -0.3 is 14.7 Å². The molecule has 1 saturated carbocycles. The number of aromatic nitrogens is 3. The summed E-state index contributed by atoms with van der Waals surface area (Å²) in [6.45, 7) is 14.7. The molecule has 11 heteroatoms. The first-order chi connectivity index (χ1) is 24.3. The van der Waals surface area contributed by atoms with E-state index in [0.717, 1.165) is 32.2 Å². The van der Waals surface area contributed by atoms with Gasteiger partial charge in [-0.3, -0.25) is 9.88 Å². The lowest BCUT2D eigenvalue weighted by Gasteiger charge is -2.38. The summed E-state index contributed by atoms with van der Waals surface area (Å²) in [5, 5.41) is 11.3. The molecule has 272 valence electrons. The van der Waals surface area contributed by atoms with Crippen molar-refractivity contribution in [2.75, 3.05) is 31.6 Å². The van der Waals surface area contributed by atoms with E-state index in [9.17, 15) is 9.50 Å². The van der Waals surface area contributed by atoms with Crippen LogP contribution in [0.1, 0.15) is 91.2 Å². The number of phenolic OH excluding ortho intramolecular Hbond substituents is 1. The molecule has 2 aliphatic heterocycles. The monoisotopic (exact) mass is 717 g/mol. The molecule has 0 amide bonds. The van der Waals surface area contributed by atoms with Crippen molar-refractivity contribution < 1.29 is 23.0 Å². The Balaban J connectivity index is 1.36. The number of pyridine rings is 1. The second kappa shape index (κ2) is 13.4. The van der Waals surface area contributed by atoms with Gasteiger partial charge in [-0.25, -0.2) is 13.2 Å². The molecule has 0 radical (unpaired) electrons. The minimum atomic E-state index is -2.24. The maximum atomic E-state index is 17.1. The van der Waals surface area contributed by atoms with Crippen LogP contribution in [-0.4, -0.2) is 77.5 Å². The number of allylic oxidation sites excluding steroid dienone is 2. The molecule has 0 unspecified atom stereocenters. The van der Waals surface area contributed by atoms with Gasteiger partial charge in [-0.2, -0.15) is 9.97 Å². The molecule has 4 heterocycles. The molecule has 1 N–H and O–H groups in total. The second-order valence-corrected chi connectivity index (χ2v) is 21.8. The molecule has 0 spiro atoms. The highest BCUT2D eigenvalue weighted by atomic mass is 28.3. The minimum Gasteiger partial charge on any atom is -0.508 e. The number of nitrogens with zero attached hydrogens (tertiary/aromatic N) is 5. The van der Waals surface area contributed by atoms with Gasteiger partial charge in [0.25, 0.3) is 0 Å². The first kappa shape index (κ1) is 35.8. The molecule has 3 aromatic rings. The number of aromatic hydroxyl groups is 1. The van der Waals surface area contributed by atoms with E-state index in [1.807, 2.05) is 11.9 Å². The van der Waals surface area contributed by atoms with Crippen LogP contribution in [0, 0.1) is 17.3 Å². The highest BCUT2D eigenvalue weighted by Crippen LogP contribution is 2.45. The SMILES string of the molecule is CC(C)[Si](C#CC1=C(F)CCc2cc(O)cc(-c3ncc4c(N(C)C5CC5)nc(OC[C@@]56CCCN5C[C@H](F)C6)nc4c3F)c21)(C(C)C)C(C)C. The van der Waals surface area contributed by atoms with Gasteiger partial charge in [0, 0.05) is 49.8 Å². The van der Waals surface area contributed by atoms with Gasteiger partial charge in [0.2, 0.25) is 0 Å². The van der Waals surface area contributed by atoms with E-state index in [0.29, 0.717) is 58.3 Å². The summed E-state index contributed by atoms with van der Waals surface area (Å²) in [5.41, 5.74) is 5.93. The largest absolute Gasteiger partial charge is 0.508 e. The zero-order chi connectivity index (χ0) is 36.4. The third-order valence-corrected chi connectivity index (χ3v) is 18.5. The predicted octanol–water partition coefficient (Wildman–Crippen LogP) is 8.94. The molecule has 1 aromatic carbocycles. The molecule has 2 atom stereocenters. The molecule has 3 fully saturated rings. The predicted molar refractivity (Wildman–Crippen MR) is 200 cm³/mol. The number of fused-ring (bicyclic) bond motifs is 3. The Morgan fingerprint density at radius 3 is 2.49 bits per heavy atom. The summed E-state index contributed by atoms with van der Waals surface area (Å²) in [5.74, 6) is 2.73. The number of aryl methyl sites for hydroxylation is 1. The van der Waals surface area contributed by atoms with Crippen LogP contribution >= 0.6 is 0 Å². The maximum absolute atomic E-state index is 17.1. The molecule has 2 aromatic heterocycles. The normalized spacial score (nSPS) is 22.2. The summed E-state index contributed by atoms with van der Waals surface area (Å²) in [7, 11) is -0.309. The van der Waals surface area contributed by atoms with E-state index in [-0.39, 0.29) is 59.0 Å². The van der Waals surface area contributed by atoms with Crippen molar-refractivity contribution in [1.29, 1.82) is 0 Å². The second-order valence-electron chi connectivity index (χ2n) is 16.2. The van der Waals surface area contributed by atoms with Crippen LogP contribution in [-0.2, 0) is 6.42 Å². The van der Waals surface area contributed by atoms with Crippen LogP contribution in [0.15, 0.2) is 24.2 Å². The van der Waals surface area contributed by atoms with E-state index >= 15 is 8.78 Å². The van der Waals surface area contributed by atoms with Crippen molar-refractivity contribution in [1.82, 2.24) is 19.9 Å². The van der Waals surface area contributed by atoms with Gasteiger partial charge >= 0.3 is 6.01 Å². The average Bonchev–Trinajstić information content (AvgIpc) is 3.78. The number of alkyl halides is 1. The fraction of sp³-hybridized carbons (Fsp3) is 0.575. The molecule has 7 nitrogen and oxygen atoms in total. The van der Waals surface area contributed by atoms with E-state index in [4.69, 9.17) is 9.72 Å². The lowest BCUT2D eigenvalue weighted by Crippen LogP contribution is -2.43. The molecular formula is C40H50F3N5O2Si. The van der Waals surface area contributed by atoms with Crippen LogP contribution in [0.4, 0.5) is 19.0 Å². The molecule has 51 heavy (non-hydrogen) atoms. The Kier molecular flexibility index (Phi) is 9.41. The first-order valence-corrected chi connectivity index (χ1v) is 20.9. The Labute approximate surface area is 300 Å². The number of ether oxygens (including phenoxy) is 1. The summed E-state index contributed by atoms with van der Waals surface area (Å²) >= 11 is 0. The first-order valence-electron chi connectivity index (χ1n) is 18.6. The van der Waals surface area contributed by atoms with Crippen molar-refractivity contribution in [2.45, 2.75) is 121 Å². The lowest BCUT2D eigenvalue weighted by molar-refractivity contribution is 0.107. The summed E-state index contributed by atoms with van der Waals surface area (Å²) < 4.78 is 53.9. The Morgan fingerprint density at radius 2 is 1.80 bits per heavy atom. The number of rotatable bonds is 9. The van der Waals surface area contributed by atoms with Crippen LogP contribution in [0.3, 0.4) is 0 Å². The van der Waals surface area contributed by atoms with Gasteiger partial charge in [-0.15, -0.1) is 5.54 Å². The summed E-state index contributed by atoms with van der Waals surface area (Å²) in [6, 6.07) is 3.36. The number of hydrogen-bond acceptors (Lipinski definition) is 7. The maximum Gasteiger partial charge on any atom is 0.319 e. The van der Waals surface area contributed by atoms with Crippen LogP contribution < -0.4 is 9.64 Å². The standard InChI is InChI=1S/C40H50F3N5O2Si/c1-23(2)51(24(3)4,25(5)6)16-13-30-33(42)12-9-26-17-29(49)18-31(34(26)30)36-35(43)37-32(20-44-36)38(47(7)28-10-11-28)46-39(45-37)50-22-40-14-8-15-48(40)21-27(41)19-40/h17-18,20,23-25,27-28,49H,8-12,14-15,19,21-22H2,1-7H3/t27-,40+/m1/s1. The topological polar surface area (TPSA) is 74.6 Å². The Hall–Kier alpha value is -3.62. The van der Waals surface area contributed by atoms with Crippen molar-refractivity contribution in [3.8, 4) is 34.5 Å². The van der Waals surface area contributed by atoms with Crippen LogP contribution in [0.5, 0.6) is 11.8 Å². The Morgan fingerprint density at radius 1 is 1.08 bits per heavy atom. The summed E-state index contributed by atoms with van der Waals surface area (Å²) in [6.07, 6.45) is 5.33. The van der Waals surface area contributed by atoms with E-state index in [1.165, 1.54) is 6.07 Å². The highest BCUT2D eigenvalue weighted by Gasteiger charge is 2.49. The van der Waals surface area contributed by atoms with Gasteiger partial charge in [0.05, 0.1) is 16.5 Å². The average molecular weight is 718 g/mol. The minimum absolute atomic E-state index is 0.0253. The van der Waals surface area contributed by atoms with E-state index in [1.54, 1.807) is 12.3 Å². The number of phenols is 1. The van der Waals surface area contributed by atoms with Gasteiger partial charge in [0.15, 0.2) is 5.82 Å². The van der Waals surface area contributed by atoms with E-state index in [2.05, 4.69) is 67.9 Å². The summed E-state index contributed by atoms with van der Waals surface area (Å²) in [4.78, 5) is 18.2. The number of halogens is 3. The van der Waals surface area contributed by atoms with Crippen molar-refractivity contribution in [3.05, 3.63) is 41.1 Å². The van der Waals surface area contributed by atoms with Crippen molar-refractivity contribution in [3.63, 3.8) is 0 Å². The zero-order valence-electron chi connectivity index (χ0n) is 30.9.